The molecule has 0 bridgehead atoms. The highest BCUT2D eigenvalue weighted by Crippen LogP contribution is 2.32. The first kappa shape index (κ1) is 27.1. The summed E-state index contributed by atoms with van der Waals surface area (Å²) in [6, 6.07) is 10.5. The number of aromatic nitrogens is 1. The molecule has 0 N–H and O–H groups in total. The molecule has 4 rings (SSSR count). The van der Waals surface area contributed by atoms with E-state index >= 15 is 0 Å². The van der Waals surface area contributed by atoms with E-state index in [0.717, 1.165) is 21.9 Å². The second kappa shape index (κ2) is 10.1. The van der Waals surface area contributed by atoms with Crippen LogP contribution in [0, 0.1) is 0 Å². The Morgan fingerprint density at radius 2 is 1.68 bits per heavy atom. The van der Waals surface area contributed by atoms with Gasteiger partial charge in [-0.2, -0.15) is 13.2 Å². The second-order valence-electron chi connectivity index (χ2n) is 8.18. The average Bonchev–Trinajstić information content (AvgIpc) is 3.15. The van der Waals surface area contributed by atoms with Gasteiger partial charge in [0, 0.05) is 36.7 Å². The van der Waals surface area contributed by atoms with Crippen LogP contribution in [0.15, 0.2) is 71.9 Å². The van der Waals surface area contributed by atoms with E-state index in [1.807, 2.05) is 0 Å². The van der Waals surface area contributed by atoms with E-state index in [0.29, 0.717) is 28.4 Å². The number of rotatable bonds is 6. The minimum Gasteiger partial charge on any atom is -0.311 e. The Kier molecular flexibility index (Phi) is 7.17. The molecule has 14 heteroatoms. The van der Waals surface area contributed by atoms with Gasteiger partial charge in [-0.1, -0.05) is 11.6 Å². The Hall–Kier alpha value is -3.97. The van der Waals surface area contributed by atoms with Crippen LogP contribution in [-0.4, -0.2) is 55.2 Å². The molecule has 1 aromatic heterocycles. The van der Waals surface area contributed by atoms with Crippen molar-refractivity contribution >= 4 is 50.7 Å². The molecule has 1 aliphatic rings. The van der Waals surface area contributed by atoms with Crippen LogP contribution >= 0.6 is 11.6 Å². The van der Waals surface area contributed by atoms with Crippen LogP contribution in [0.3, 0.4) is 0 Å². The number of benzene rings is 2. The minimum absolute atomic E-state index is 0.0999. The van der Waals surface area contributed by atoms with Crippen LogP contribution in [0.25, 0.3) is 0 Å². The molecule has 9 nitrogen and oxygen atoms in total. The number of urea groups is 1. The van der Waals surface area contributed by atoms with Crippen LogP contribution in [0.2, 0.25) is 5.02 Å². The van der Waals surface area contributed by atoms with Gasteiger partial charge in [-0.3, -0.25) is 14.6 Å². The van der Waals surface area contributed by atoms with Gasteiger partial charge in [-0.05, 0) is 60.2 Å². The first-order valence-corrected chi connectivity index (χ1v) is 12.7. The SMILES string of the molecule is CN(C(=O)c1cnccc1CN1CC(=O)N(c2ccc(S(=O)(=O)C(F)(F)F)cc2)C1=O)c1ccc(Cl)cc1. The van der Waals surface area contributed by atoms with Crippen molar-refractivity contribution in [1.82, 2.24) is 9.88 Å². The highest BCUT2D eigenvalue weighted by Gasteiger charge is 2.47. The average molecular weight is 567 g/mol. The van der Waals surface area contributed by atoms with E-state index in [-0.39, 0.29) is 24.3 Å². The maximum atomic E-state index is 13.2. The van der Waals surface area contributed by atoms with Gasteiger partial charge >= 0.3 is 11.5 Å². The van der Waals surface area contributed by atoms with Crippen LogP contribution in [-0.2, 0) is 21.2 Å². The lowest BCUT2D eigenvalue weighted by Crippen LogP contribution is -2.33. The van der Waals surface area contributed by atoms with Crippen molar-refractivity contribution in [2.24, 2.45) is 0 Å². The molecule has 2 heterocycles. The first-order chi connectivity index (χ1) is 17.8. The zero-order valence-corrected chi connectivity index (χ0v) is 21.1. The fourth-order valence-corrected chi connectivity index (χ4v) is 4.65. The maximum Gasteiger partial charge on any atom is 0.501 e. The summed E-state index contributed by atoms with van der Waals surface area (Å²) in [5.41, 5.74) is -4.45. The molecule has 1 fully saturated rings. The van der Waals surface area contributed by atoms with E-state index in [4.69, 9.17) is 11.6 Å². The number of sulfone groups is 1. The molecule has 0 radical (unpaired) electrons. The molecule has 198 valence electrons. The molecule has 38 heavy (non-hydrogen) atoms. The van der Waals surface area contributed by atoms with Gasteiger partial charge in [0.1, 0.15) is 6.54 Å². The zero-order valence-electron chi connectivity index (χ0n) is 19.5. The van der Waals surface area contributed by atoms with Crippen molar-refractivity contribution in [2.75, 3.05) is 23.4 Å². The molecule has 4 amide bonds. The van der Waals surface area contributed by atoms with Gasteiger partial charge in [0.2, 0.25) is 0 Å². The molecular weight excluding hydrogens is 549 g/mol. The quantitative estimate of drug-likeness (QED) is 0.412. The number of carbonyl (C=O) groups excluding carboxylic acids is 3. The van der Waals surface area contributed by atoms with Gasteiger partial charge in [-0.15, -0.1) is 0 Å². The second-order valence-corrected chi connectivity index (χ2v) is 10.6. The molecule has 0 aliphatic carbocycles. The Morgan fingerprint density at radius 1 is 1.05 bits per heavy atom. The Labute approximate surface area is 220 Å². The largest absolute Gasteiger partial charge is 0.501 e. The third kappa shape index (κ3) is 5.07. The fraction of sp³-hybridized carbons (Fsp3) is 0.167. The number of carbonyl (C=O) groups is 3. The summed E-state index contributed by atoms with van der Waals surface area (Å²) in [7, 11) is -4.03. The molecule has 1 saturated heterocycles. The van der Waals surface area contributed by atoms with E-state index in [9.17, 15) is 36.0 Å². The summed E-state index contributed by atoms with van der Waals surface area (Å²) in [5.74, 6) is -1.10. The molecule has 0 saturated carbocycles. The predicted octanol–water partition coefficient (Wildman–Crippen LogP) is 4.27. The number of imide groups is 1. The lowest BCUT2D eigenvalue weighted by atomic mass is 10.1. The zero-order chi connectivity index (χ0) is 27.8. The van der Waals surface area contributed by atoms with Gasteiger partial charge in [0.25, 0.3) is 21.7 Å². The molecule has 3 aromatic rings. The Morgan fingerprint density at radius 3 is 2.29 bits per heavy atom. The number of nitrogens with zero attached hydrogens (tertiary/aromatic N) is 4. The lowest BCUT2D eigenvalue weighted by Gasteiger charge is -2.21. The summed E-state index contributed by atoms with van der Waals surface area (Å²) >= 11 is 5.91. The lowest BCUT2D eigenvalue weighted by molar-refractivity contribution is -0.116. The summed E-state index contributed by atoms with van der Waals surface area (Å²) in [6.45, 7) is -0.510. The third-order valence-electron chi connectivity index (χ3n) is 5.77. The molecule has 0 atom stereocenters. The standard InChI is InChI=1S/C24H18ClF3N4O5S/c1-30(17-4-2-16(25)3-5-17)22(34)20-12-29-11-10-15(20)13-31-14-21(33)32(23(31)35)18-6-8-19(9-7-18)38(36,37)24(26,27)28/h2-12H,13-14H2,1H3. The van der Waals surface area contributed by atoms with E-state index < -0.39 is 38.1 Å². The smallest absolute Gasteiger partial charge is 0.311 e. The van der Waals surface area contributed by atoms with Gasteiger partial charge < -0.3 is 9.80 Å². The molecule has 0 unspecified atom stereocenters. The monoisotopic (exact) mass is 566 g/mol. The number of hydrogen-bond donors (Lipinski definition) is 0. The van der Waals surface area contributed by atoms with Crippen LogP contribution in [0.5, 0.6) is 0 Å². The van der Waals surface area contributed by atoms with Crippen molar-refractivity contribution < 1.29 is 36.0 Å². The maximum absolute atomic E-state index is 13.2. The fourth-order valence-electron chi connectivity index (χ4n) is 3.76. The first-order valence-electron chi connectivity index (χ1n) is 10.8. The van der Waals surface area contributed by atoms with Crippen LogP contribution < -0.4 is 9.80 Å². The van der Waals surface area contributed by atoms with Crippen LogP contribution in [0.1, 0.15) is 15.9 Å². The van der Waals surface area contributed by atoms with Crippen molar-refractivity contribution in [1.29, 1.82) is 0 Å². The number of amides is 4. The van der Waals surface area contributed by atoms with Crippen molar-refractivity contribution in [3.8, 4) is 0 Å². The number of anilines is 2. The van der Waals surface area contributed by atoms with Gasteiger partial charge in [-0.25, -0.2) is 18.1 Å². The molecule has 1 aliphatic heterocycles. The molecule has 2 aromatic carbocycles. The molecule has 0 spiro atoms. The summed E-state index contributed by atoms with van der Waals surface area (Å²) in [5, 5.41) is 0.495. The number of halogens is 4. The van der Waals surface area contributed by atoms with E-state index in [1.54, 1.807) is 31.3 Å². The third-order valence-corrected chi connectivity index (χ3v) is 7.52. The Bertz CT molecular complexity index is 1510. The summed E-state index contributed by atoms with van der Waals surface area (Å²) < 4.78 is 61.6. The topological polar surface area (TPSA) is 108 Å². The van der Waals surface area contributed by atoms with E-state index in [1.165, 1.54) is 23.4 Å². The van der Waals surface area contributed by atoms with Crippen molar-refractivity contribution in [3.63, 3.8) is 0 Å². The van der Waals surface area contributed by atoms with Crippen LogP contribution in [0.4, 0.5) is 29.3 Å². The summed E-state index contributed by atoms with van der Waals surface area (Å²) in [6.07, 6.45) is 2.76. The predicted molar refractivity (Wildman–Crippen MR) is 131 cm³/mol. The highest BCUT2D eigenvalue weighted by molar-refractivity contribution is 7.92. The Balaban J connectivity index is 1.55. The van der Waals surface area contributed by atoms with Gasteiger partial charge in [0.15, 0.2) is 0 Å². The number of hydrogen-bond acceptors (Lipinski definition) is 6. The number of alkyl halides is 3. The van der Waals surface area contributed by atoms with Crippen molar-refractivity contribution in [3.05, 3.63) is 83.1 Å². The minimum atomic E-state index is -5.58. The van der Waals surface area contributed by atoms with Gasteiger partial charge in [0.05, 0.1) is 16.1 Å². The van der Waals surface area contributed by atoms with E-state index in [2.05, 4.69) is 4.98 Å². The number of pyridine rings is 1. The summed E-state index contributed by atoms with van der Waals surface area (Å²) in [4.78, 5) is 45.1. The molecular formula is C24H18ClF3N4O5S. The highest BCUT2D eigenvalue weighted by atomic mass is 35.5. The van der Waals surface area contributed by atoms with Crippen molar-refractivity contribution in [2.45, 2.75) is 16.9 Å². The normalized spacial score (nSPS) is 14.2.